The number of rotatable bonds is 5. The molecule has 1 aliphatic carbocycles. The van der Waals surface area contributed by atoms with E-state index in [0.717, 1.165) is 25.7 Å². The second-order valence-corrected chi connectivity index (χ2v) is 6.20. The van der Waals surface area contributed by atoms with Gasteiger partial charge in [0.1, 0.15) is 6.04 Å². The number of alkyl carbamates (subject to hydrolysis) is 1. The minimum absolute atomic E-state index is 0.0448. The van der Waals surface area contributed by atoms with Crippen LogP contribution in [0.25, 0.3) is 0 Å². The maximum Gasteiger partial charge on any atom is 0.407 e. The summed E-state index contributed by atoms with van der Waals surface area (Å²) in [6, 6.07) is -0.646. The van der Waals surface area contributed by atoms with Crippen molar-refractivity contribution < 1.29 is 23.8 Å². The van der Waals surface area contributed by atoms with E-state index >= 15 is 0 Å². The van der Waals surface area contributed by atoms with Crippen LogP contribution in [0, 0.1) is 11.8 Å². The zero-order valence-corrected chi connectivity index (χ0v) is 13.3. The molecule has 0 aromatic carbocycles. The van der Waals surface area contributed by atoms with Gasteiger partial charge in [0.05, 0.1) is 13.7 Å². The van der Waals surface area contributed by atoms with E-state index in [1.54, 1.807) is 0 Å². The molecule has 2 fully saturated rings. The standard InChI is InChI=1S/C16H27NO5/c1-20-15(18)14(13-7-9-21-10-8-13)17-16(19)22-11-12-5-3-2-4-6-12/h12-14H,2-11H2,1H3,(H,17,19)/t14-/m0/s1. The zero-order chi connectivity index (χ0) is 15.8. The van der Waals surface area contributed by atoms with Gasteiger partial charge in [0, 0.05) is 13.2 Å². The Hall–Kier alpha value is -1.30. The van der Waals surface area contributed by atoms with E-state index in [1.165, 1.54) is 26.4 Å². The minimum Gasteiger partial charge on any atom is -0.467 e. The average Bonchev–Trinajstić information content (AvgIpc) is 2.59. The molecule has 0 radical (unpaired) electrons. The molecule has 2 rings (SSSR count). The normalized spacial score (nSPS) is 21.9. The van der Waals surface area contributed by atoms with Gasteiger partial charge in [0.2, 0.25) is 0 Å². The van der Waals surface area contributed by atoms with Gasteiger partial charge in [-0.2, -0.15) is 0 Å². The van der Waals surface area contributed by atoms with Gasteiger partial charge in [-0.1, -0.05) is 19.3 Å². The van der Waals surface area contributed by atoms with Crippen molar-refractivity contribution in [2.75, 3.05) is 26.9 Å². The number of carbonyl (C=O) groups excluding carboxylic acids is 2. The summed E-state index contributed by atoms with van der Waals surface area (Å²) in [5.74, 6) is 0.0871. The highest BCUT2D eigenvalue weighted by Crippen LogP contribution is 2.24. The van der Waals surface area contributed by atoms with E-state index in [9.17, 15) is 9.59 Å². The number of methoxy groups -OCH3 is 1. The summed E-state index contributed by atoms with van der Waals surface area (Å²) >= 11 is 0. The lowest BCUT2D eigenvalue weighted by atomic mass is 9.90. The number of nitrogens with one attached hydrogen (secondary N) is 1. The first-order valence-electron chi connectivity index (χ1n) is 8.29. The fourth-order valence-electron chi connectivity index (χ4n) is 3.26. The Balaban J connectivity index is 1.80. The van der Waals surface area contributed by atoms with E-state index in [1.807, 2.05) is 0 Å². The van der Waals surface area contributed by atoms with Crippen LogP contribution in [0.1, 0.15) is 44.9 Å². The molecule has 1 aliphatic heterocycles. The Morgan fingerprint density at radius 2 is 1.82 bits per heavy atom. The summed E-state index contributed by atoms with van der Waals surface area (Å²) in [5, 5.41) is 2.69. The van der Waals surface area contributed by atoms with Crippen LogP contribution in [0.4, 0.5) is 4.79 Å². The summed E-state index contributed by atoms with van der Waals surface area (Å²) in [6.07, 6.45) is 6.89. The van der Waals surface area contributed by atoms with Crippen molar-refractivity contribution in [3.05, 3.63) is 0 Å². The monoisotopic (exact) mass is 313 g/mol. The van der Waals surface area contributed by atoms with Crippen LogP contribution in [0.3, 0.4) is 0 Å². The molecule has 0 spiro atoms. The number of hydrogen-bond acceptors (Lipinski definition) is 5. The Morgan fingerprint density at radius 3 is 2.45 bits per heavy atom. The fraction of sp³-hybridized carbons (Fsp3) is 0.875. The van der Waals surface area contributed by atoms with Gasteiger partial charge in [-0.05, 0) is 37.5 Å². The van der Waals surface area contributed by atoms with Crippen LogP contribution in [0.15, 0.2) is 0 Å². The largest absolute Gasteiger partial charge is 0.467 e. The lowest BCUT2D eigenvalue weighted by Crippen LogP contribution is -2.48. The molecule has 1 saturated heterocycles. The molecule has 0 bridgehead atoms. The molecule has 1 heterocycles. The van der Waals surface area contributed by atoms with Crippen LogP contribution >= 0.6 is 0 Å². The average molecular weight is 313 g/mol. The third-order valence-corrected chi connectivity index (χ3v) is 4.64. The molecular weight excluding hydrogens is 286 g/mol. The molecule has 1 N–H and O–H groups in total. The number of amides is 1. The van der Waals surface area contributed by atoms with Gasteiger partial charge in [0.25, 0.3) is 0 Å². The molecule has 6 heteroatoms. The SMILES string of the molecule is COC(=O)[C@@H](NC(=O)OCC1CCCCC1)C1CCOCC1. The highest BCUT2D eigenvalue weighted by atomic mass is 16.6. The summed E-state index contributed by atoms with van der Waals surface area (Å²) < 4.78 is 15.4. The van der Waals surface area contributed by atoms with Gasteiger partial charge >= 0.3 is 12.1 Å². The van der Waals surface area contributed by atoms with Crippen molar-refractivity contribution in [2.45, 2.75) is 51.0 Å². The molecule has 6 nitrogen and oxygen atoms in total. The Morgan fingerprint density at radius 1 is 1.14 bits per heavy atom. The highest BCUT2D eigenvalue weighted by molar-refractivity contribution is 5.81. The Labute approximate surface area is 131 Å². The third kappa shape index (κ3) is 5.16. The first-order chi connectivity index (χ1) is 10.7. The van der Waals surface area contributed by atoms with Gasteiger partial charge in [-0.3, -0.25) is 0 Å². The molecule has 1 saturated carbocycles. The second kappa shape index (κ2) is 8.98. The third-order valence-electron chi connectivity index (χ3n) is 4.64. The van der Waals surface area contributed by atoms with E-state index < -0.39 is 18.1 Å². The molecule has 0 unspecified atom stereocenters. The predicted octanol–water partition coefficient (Wildman–Crippen LogP) is 2.26. The van der Waals surface area contributed by atoms with Crippen LogP contribution < -0.4 is 5.32 Å². The van der Waals surface area contributed by atoms with Crippen molar-refractivity contribution in [1.82, 2.24) is 5.32 Å². The Kier molecular flexibility index (Phi) is 6.96. The Bertz CT molecular complexity index is 362. The van der Waals surface area contributed by atoms with Gasteiger partial charge in [0.15, 0.2) is 0 Å². The first kappa shape index (κ1) is 17.1. The van der Waals surface area contributed by atoms with Gasteiger partial charge in [-0.15, -0.1) is 0 Å². The molecule has 0 aromatic heterocycles. The first-order valence-corrected chi connectivity index (χ1v) is 8.29. The maximum atomic E-state index is 12.0. The topological polar surface area (TPSA) is 73.9 Å². The van der Waals surface area contributed by atoms with Crippen molar-refractivity contribution in [3.63, 3.8) is 0 Å². The predicted molar refractivity (Wildman–Crippen MR) is 80.4 cm³/mol. The number of carbonyl (C=O) groups is 2. The molecule has 22 heavy (non-hydrogen) atoms. The van der Waals surface area contributed by atoms with Crippen molar-refractivity contribution >= 4 is 12.1 Å². The van der Waals surface area contributed by atoms with Gasteiger partial charge < -0.3 is 19.5 Å². The minimum atomic E-state index is -0.646. The van der Waals surface area contributed by atoms with Crippen LogP contribution in [0.5, 0.6) is 0 Å². The van der Waals surface area contributed by atoms with E-state index in [0.29, 0.717) is 25.7 Å². The zero-order valence-electron chi connectivity index (χ0n) is 13.3. The molecule has 1 atom stereocenters. The molecule has 126 valence electrons. The van der Waals surface area contributed by atoms with Crippen molar-refractivity contribution in [2.24, 2.45) is 11.8 Å². The second-order valence-electron chi connectivity index (χ2n) is 6.20. The van der Waals surface area contributed by atoms with Crippen LogP contribution in [-0.4, -0.2) is 45.0 Å². The molecule has 1 amide bonds. The molecular formula is C16H27NO5. The fourth-order valence-corrected chi connectivity index (χ4v) is 3.26. The van der Waals surface area contributed by atoms with Gasteiger partial charge in [-0.25, -0.2) is 9.59 Å². The molecule has 0 aromatic rings. The smallest absolute Gasteiger partial charge is 0.407 e. The lowest BCUT2D eigenvalue weighted by Gasteiger charge is -2.29. The number of hydrogen-bond donors (Lipinski definition) is 1. The van der Waals surface area contributed by atoms with E-state index in [-0.39, 0.29) is 5.92 Å². The quantitative estimate of drug-likeness (QED) is 0.788. The lowest BCUT2D eigenvalue weighted by molar-refractivity contribution is -0.145. The molecule has 2 aliphatic rings. The highest BCUT2D eigenvalue weighted by Gasteiger charge is 2.32. The summed E-state index contributed by atoms with van der Waals surface area (Å²) in [6.45, 7) is 1.65. The maximum absolute atomic E-state index is 12.0. The summed E-state index contributed by atoms with van der Waals surface area (Å²) in [4.78, 5) is 23.9. The number of esters is 1. The summed E-state index contributed by atoms with van der Waals surface area (Å²) in [7, 11) is 1.34. The van der Waals surface area contributed by atoms with E-state index in [2.05, 4.69) is 5.32 Å². The van der Waals surface area contributed by atoms with Crippen molar-refractivity contribution in [3.8, 4) is 0 Å². The summed E-state index contributed by atoms with van der Waals surface area (Å²) in [5.41, 5.74) is 0. The van der Waals surface area contributed by atoms with Crippen LogP contribution in [0.2, 0.25) is 0 Å². The van der Waals surface area contributed by atoms with Crippen molar-refractivity contribution in [1.29, 1.82) is 0 Å². The van der Waals surface area contributed by atoms with Crippen LogP contribution in [-0.2, 0) is 19.0 Å². The van der Waals surface area contributed by atoms with E-state index in [4.69, 9.17) is 14.2 Å². The number of ether oxygens (including phenoxy) is 3.